The summed E-state index contributed by atoms with van der Waals surface area (Å²) in [7, 11) is 0. The molecule has 13 heavy (non-hydrogen) atoms. The van der Waals surface area contributed by atoms with Gasteiger partial charge in [-0.1, -0.05) is 54.1 Å². The molecule has 0 N–H and O–H groups in total. The van der Waals surface area contributed by atoms with Crippen molar-refractivity contribution in [1.29, 1.82) is 0 Å². The minimum Gasteiger partial charge on any atom is -0.489 e. The van der Waals surface area contributed by atoms with Gasteiger partial charge in [0.25, 0.3) is 0 Å². The highest BCUT2D eigenvalue weighted by Crippen LogP contribution is 2.32. The Kier molecular flexibility index (Phi) is 4.13. The van der Waals surface area contributed by atoms with Crippen molar-refractivity contribution in [3.63, 3.8) is 0 Å². The third kappa shape index (κ3) is 2.94. The molecule has 3 heteroatoms. The second kappa shape index (κ2) is 5.15. The summed E-state index contributed by atoms with van der Waals surface area (Å²) in [5.41, 5.74) is 0.785. The number of hydrogen-bond acceptors (Lipinski definition) is 1. The molecule has 0 atom stereocenters. The van der Waals surface area contributed by atoms with Gasteiger partial charge in [-0.05, 0) is 6.07 Å². The predicted octanol–water partition coefficient (Wildman–Crippen LogP) is 3.73. The van der Waals surface area contributed by atoms with Crippen LogP contribution in [-0.2, 0) is 0 Å². The predicted molar refractivity (Wildman–Crippen MR) is 56.6 cm³/mol. The van der Waals surface area contributed by atoms with E-state index in [1.54, 1.807) is 6.08 Å². The lowest BCUT2D eigenvalue weighted by molar-refractivity contribution is 0.360. The molecule has 0 heterocycles. The first-order valence-corrected chi connectivity index (χ1v) is 4.73. The summed E-state index contributed by atoms with van der Waals surface area (Å²) in [5.74, 6) is 0.706. The van der Waals surface area contributed by atoms with Crippen LogP contribution in [0.1, 0.15) is 10.4 Å². The molecule has 0 aliphatic rings. The number of hydrogen-bond donors (Lipinski definition) is 0. The number of para-hydroxylation sites is 1. The van der Waals surface area contributed by atoms with E-state index < -0.39 is 4.84 Å². The standard InChI is InChI=1S/C10H10Cl2O/c1-2-7-13-9-6-4-3-5-8(9)10(11)12/h2-6,10H,1,7H2. The molecule has 0 aliphatic carbocycles. The van der Waals surface area contributed by atoms with E-state index in [9.17, 15) is 0 Å². The maximum atomic E-state index is 5.75. The number of rotatable bonds is 4. The average molecular weight is 217 g/mol. The van der Waals surface area contributed by atoms with Crippen molar-refractivity contribution < 1.29 is 4.74 Å². The SMILES string of the molecule is C=CCOc1ccccc1C(Cl)Cl. The molecule has 0 saturated heterocycles. The van der Waals surface area contributed by atoms with Gasteiger partial charge < -0.3 is 4.74 Å². The molecule has 0 radical (unpaired) electrons. The largest absolute Gasteiger partial charge is 0.489 e. The Hall–Kier alpha value is -0.660. The summed E-state index contributed by atoms with van der Waals surface area (Å²) in [6.45, 7) is 4.02. The van der Waals surface area contributed by atoms with Crippen LogP contribution in [0.5, 0.6) is 5.75 Å². The van der Waals surface area contributed by atoms with Gasteiger partial charge in [0.05, 0.1) is 0 Å². The van der Waals surface area contributed by atoms with Gasteiger partial charge in [0.15, 0.2) is 0 Å². The maximum absolute atomic E-state index is 5.75. The molecule has 0 spiro atoms. The first kappa shape index (κ1) is 10.4. The fourth-order valence-corrected chi connectivity index (χ4v) is 1.30. The molecule has 1 rings (SSSR count). The van der Waals surface area contributed by atoms with E-state index in [0.717, 1.165) is 5.56 Å². The smallest absolute Gasteiger partial charge is 0.136 e. The lowest BCUT2D eigenvalue weighted by Gasteiger charge is -2.09. The van der Waals surface area contributed by atoms with E-state index >= 15 is 0 Å². The van der Waals surface area contributed by atoms with Crippen LogP contribution in [0.2, 0.25) is 0 Å². The first-order valence-electron chi connectivity index (χ1n) is 3.86. The molecule has 0 aliphatic heterocycles. The summed E-state index contributed by atoms with van der Waals surface area (Å²) in [6, 6.07) is 7.41. The summed E-state index contributed by atoms with van der Waals surface area (Å²) in [5, 5.41) is 0. The van der Waals surface area contributed by atoms with Crippen molar-refractivity contribution in [1.82, 2.24) is 0 Å². The third-order valence-corrected chi connectivity index (χ3v) is 1.98. The minimum absolute atomic E-state index is 0.456. The van der Waals surface area contributed by atoms with Crippen molar-refractivity contribution in [3.05, 3.63) is 42.5 Å². The number of alkyl halides is 2. The molecule has 70 valence electrons. The van der Waals surface area contributed by atoms with E-state index in [1.807, 2.05) is 24.3 Å². The Morgan fingerprint density at radius 2 is 2.08 bits per heavy atom. The number of benzene rings is 1. The van der Waals surface area contributed by atoms with Gasteiger partial charge in [0, 0.05) is 5.56 Å². The van der Waals surface area contributed by atoms with E-state index in [2.05, 4.69) is 6.58 Å². The Morgan fingerprint density at radius 1 is 1.38 bits per heavy atom. The molecular weight excluding hydrogens is 207 g/mol. The van der Waals surface area contributed by atoms with Gasteiger partial charge in [-0.25, -0.2) is 0 Å². The Morgan fingerprint density at radius 3 is 2.69 bits per heavy atom. The fourth-order valence-electron chi connectivity index (χ4n) is 0.941. The topological polar surface area (TPSA) is 9.23 Å². The van der Waals surface area contributed by atoms with Crippen molar-refractivity contribution in [3.8, 4) is 5.75 Å². The van der Waals surface area contributed by atoms with E-state index in [1.165, 1.54) is 0 Å². The Labute approximate surface area is 87.9 Å². The third-order valence-electron chi connectivity index (χ3n) is 1.51. The summed E-state index contributed by atoms with van der Waals surface area (Å²) in [4.78, 5) is -0.555. The molecule has 0 fully saturated rings. The second-order valence-corrected chi connectivity index (χ2v) is 3.53. The van der Waals surface area contributed by atoms with Crippen LogP contribution in [0, 0.1) is 0 Å². The van der Waals surface area contributed by atoms with Gasteiger partial charge in [-0.3, -0.25) is 0 Å². The molecule has 0 saturated carbocycles. The van der Waals surface area contributed by atoms with E-state index in [0.29, 0.717) is 12.4 Å². The van der Waals surface area contributed by atoms with Gasteiger partial charge in [0.1, 0.15) is 17.2 Å². The van der Waals surface area contributed by atoms with Crippen molar-refractivity contribution in [2.24, 2.45) is 0 Å². The molecular formula is C10H10Cl2O. The van der Waals surface area contributed by atoms with Crippen molar-refractivity contribution in [2.45, 2.75) is 4.84 Å². The highest BCUT2D eigenvalue weighted by Gasteiger charge is 2.08. The lowest BCUT2D eigenvalue weighted by Crippen LogP contribution is -1.96. The molecule has 0 unspecified atom stereocenters. The van der Waals surface area contributed by atoms with Gasteiger partial charge in [0.2, 0.25) is 0 Å². The van der Waals surface area contributed by atoms with Crippen LogP contribution >= 0.6 is 23.2 Å². The highest BCUT2D eigenvalue weighted by atomic mass is 35.5. The monoisotopic (exact) mass is 216 g/mol. The Balaban J connectivity index is 2.84. The fraction of sp³-hybridized carbons (Fsp3) is 0.200. The Bertz CT molecular complexity index is 284. The van der Waals surface area contributed by atoms with Crippen LogP contribution in [0.4, 0.5) is 0 Å². The van der Waals surface area contributed by atoms with Gasteiger partial charge >= 0.3 is 0 Å². The average Bonchev–Trinajstić information content (AvgIpc) is 2.15. The molecule has 1 aromatic rings. The van der Waals surface area contributed by atoms with Gasteiger partial charge in [-0.2, -0.15) is 0 Å². The van der Waals surface area contributed by atoms with Crippen LogP contribution in [0.3, 0.4) is 0 Å². The second-order valence-electron chi connectivity index (χ2n) is 2.44. The number of halogens is 2. The number of ether oxygens (including phenoxy) is 1. The highest BCUT2D eigenvalue weighted by molar-refractivity contribution is 6.44. The van der Waals surface area contributed by atoms with Crippen LogP contribution < -0.4 is 4.74 Å². The summed E-state index contributed by atoms with van der Waals surface area (Å²) < 4.78 is 5.36. The van der Waals surface area contributed by atoms with E-state index in [-0.39, 0.29) is 0 Å². The molecule has 0 aromatic heterocycles. The molecule has 0 amide bonds. The van der Waals surface area contributed by atoms with Crippen molar-refractivity contribution in [2.75, 3.05) is 6.61 Å². The minimum atomic E-state index is -0.555. The van der Waals surface area contributed by atoms with Crippen LogP contribution in [-0.4, -0.2) is 6.61 Å². The molecule has 1 aromatic carbocycles. The normalized spacial score (nSPS) is 10.1. The quantitative estimate of drug-likeness (QED) is 0.551. The van der Waals surface area contributed by atoms with Crippen molar-refractivity contribution >= 4 is 23.2 Å². The van der Waals surface area contributed by atoms with Crippen LogP contribution in [0.15, 0.2) is 36.9 Å². The van der Waals surface area contributed by atoms with Gasteiger partial charge in [-0.15, -0.1) is 0 Å². The first-order chi connectivity index (χ1) is 6.25. The molecule has 1 nitrogen and oxygen atoms in total. The molecule has 0 bridgehead atoms. The maximum Gasteiger partial charge on any atom is 0.136 e. The lowest BCUT2D eigenvalue weighted by atomic mass is 10.2. The summed E-state index contributed by atoms with van der Waals surface area (Å²) >= 11 is 11.5. The zero-order chi connectivity index (χ0) is 9.68. The summed E-state index contributed by atoms with van der Waals surface area (Å²) in [6.07, 6.45) is 1.67. The van der Waals surface area contributed by atoms with Crippen LogP contribution in [0.25, 0.3) is 0 Å². The van der Waals surface area contributed by atoms with E-state index in [4.69, 9.17) is 27.9 Å². The zero-order valence-corrected chi connectivity index (χ0v) is 8.55. The zero-order valence-electron chi connectivity index (χ0n) is 7.04.